The molecular weight excluding hydrogens is 254 g/mol. The third-order valence-corrected chi connectivity index (χ3v) is 4.12. The van der Waals surface area contributed by atoms with Crippen molar-refractivity contribution in [3.63, 3.8) is 0 Å². The summed E-state index contributed by atoms with van der Waals surface area (Å²) >= 11 is 3.55. The fourth-order valence-corrected chi connectivity index (χ4v) is 3.45. The maximum Gasteiger partial charge on any atom is 0.0507 e. The Labute approximate surface area is 101 Å². The maximum absolute atomic E-state index is 5.44. The zero-order chi connectivity index (χ0) is 10.5. The number of nitrogens with zero attached hydrogens (tertiary/aromatic N) is 1. The number of hydrogen-bond donors (Lipinski definition) is 0. The topological polar surface area (TPSA) is 12.5 Å². The summed E-state index contributed by atoms with van der Waals surface area (Å²) in [7, 11) is 0. The van der Waals surface area contributed by atoms with Gasteiger partial charge in [-0.15, -0.1) is 0 Å². The maximum atomic E-state index is 5.44. The Kier molecular flexibility index (Phi) is 4.92. The number of alkyl halides is 1. The first-order valence-electron chi connectivity index (χ1n) is 6.24. The van der Waals surface area contributed by atoms with Crippen LogP contribution >= 0.6 is 15.9 Å². The predicted octanol–water partition coefficient (Wildman–Crippen LogP) is 2.52. The van der Waals surface area contributed by atoms with Crippen LogP contribution in [0.15, 0.2) is 0 Å². The molecule has 0 aromatic carbocycles. The van der Waals surface area contributed by atoms with Gasteiger partial charge in [0, 0.05) is 25.0 Å². The number of piperidine rings is 1. The SMILES string of the molecule is BrCCC1CCCN(CC2CCOC2)C1. The fourth-order valence-electron chi connectivity index (χ4n) is 2.80. The van der Waals surface area contributed by atoms with Gasteiger partial charge in [0.25, 0.3) is 0 Å². The number of rotatable bonds is 4. The summed E-state index contributed by atoms with van der Waals surface area (Å²) in [6, 6.07) is 0. The monoisotopic (exact) mass is 275 g/mol. The molecule has 88 valence electrons. The standard InChI is InChI=1S/C12H22BrNO/c13-5-3-11-2-1-6-14(8-11)9-12-4-7-15-10-12/h11-12H,1-10H2. The van der Waals surface area contributed by atoms with Crippen LogP contribution in [0.25, 0.3) is 0 Å². The van der Waals surface area contributed by atoms with E-state index in [1.54, 1.807) is 0 Å². The van der Waals surface area contributed by atoms with E-state index in [1.807, 2.05) is 0 Å². The molecule has 15 heavy (non-hydrogen) atoms. The Bertz CT molecular complexity index is 180. The van der Waals surface area contributed by atoms with Gasteiger partial charge >= 0.3 is 0 Å². The Morgan fingerprint density at radius 1 is 1.27 bits per heavy atom. The highest BCUT2D eigenvalue weighted by atomic mass is 79.9. The minimum absolute atomic E-state index is 0.813. The molecule has 2 heterocycles. The average molecular weight is 276 g/mol. The van der Waals surface area contributed by atoms with Crippen LogP contribution in [-0.4, -0.2) is 43.1 Å². The molecule has 2 fully saturated rings. The molecule has 2 unspecified atom stereocenters. The van der Waals surface area contributed by atoms with E-state index in [-0.39, 0.29) is 0 Å². The van der Waals surface area contributed by atoms with E-state index >= 15 is 0 Å². The van der Waals surface area contributed by atoms with Crippen LogP contribution in [0.5, 0.6) is 0 Å². The Hall–Kier alpha value is 0.400. The van der Waals surface area contributed by atoms with Crippen LogP contribution < -0.4 is 0 Å². The molecule has 2 atom stereocenters. The molecule has 0 aliphatic carbocycles. The third-order valence-electron chi connectivity index (χ3n) is 3.66. The Morgan fingerprint density at radius 3 is 2.93 bits per heavy atom. The van der Waals surface area contributed by atoms with Gasteiger partial charge in [-0.05, 0) is 44.1 Å². The molecule has 0 aromatic rings. The van der Waals surface area contributed by atoms with Gasteiger partial charge in [-0.1, -0.05) is 15.9 Å². The summed E-state index contributed by atoms with van der Waals surface area (Å²) in [5.74, 6) is 1.74. The summed E-state index contributed by atoms with van der Waals surface area (Å²) in [5, 5.41) is 1.16. The molecule has 0 N–H and O–H groups in total. The van der Waals surface area contributed by atoms with Gasteiger partial charge in [0.15, 0.2) is 0 Å². The largest absolute Gasteiger partial charge is 0.381 e. The molecule has 2 aliphatic heterocycles. The lowest BCUT2D eigenvalue weighted by Crippen LogP contribution is -2.38. The van der Waals surface area contributed by atoms with E-state index in [0.29, 0.717) is 0 Å². The molecule has 3 heteroatoms. The number of likely N-dealkylation sites (tertiary alicyclic amines) is 1. The van der Waals surface area contributed by atoms with E-state index < -0.39 is 0 Å². The quantitative estimate of drug-likeness (QED) is 0.732. The molecule has 0 radical (unpaired) electrons. The molecule has 0 spiro atoms. The van der Waals surface area contributed by atoms with E-state index in [9.17, 15) is 0 Å². The third kappa shape index (κ3) is 3.72. The highest BCUT2D eigenvalue weighted by molar-refractivity contribution is 9.09. The van der Waals surface area contributed by atoms with Crippen molar-refractivity contribution in [3.05, 3.63) is 0 Å². The molecule has 0 bridgehead atoms. The lowest BCUT2D eigenvalue weighted by molar-refractivity contribution is 0.134. The highest BCUT2D eigenvalue weighted by Gasteiger charge is 2.23. The van der Waals surface area contributed by atoms with E-state index in [1.165, 1.54) is 45.3 Å². The number of halogens is 1. The molecule has 2 nitrogen and oxygen atoms in total. The van der Waals surface area contributed by atoms with Crippen molar-refractivity contribution in [2.45, 2.75) is 25.7 Å². The summed E-state index contributed by atoms with van der Waals surface area (Å²) in [6.45, 7) is 5.90. The Balaban J connectivity index is 1.71. The van der Waals surface area contributed by atoms with Crippen LogP contribution in [-0.2, 0) is 4.74 Å². The van der Waals surface area contributed by atoms with E-state index in [0.717, 1.165) is 30.4 Å². The molecular formula is C12H22BrNO. The van der Waals surface area contributed by atoms with Gasteiger partial charge in [0.2, 0.25) is 0 Å². The van der Waals surface area contributed by atoms with Gasteiger partial charge in [-0.25, -0.2) is 0 Å². The van der Waals surface area contributed by atoms with Crippen molar-refractivity contribution in [3.8, 4) is 0 Å². The van der Waals surface area contributed by atoms with Crippen LogP contribution in [0.2, 0.25) is 0 Å². The second kappa shape index (κ2) is 6.21. The first kappa shape index (κ1) is 11.9. The normalized spacial score (nSPS) is 33.4. The van der Waals surface area contributed by atoms with Crippen LogP contribution in [0.1, 0.15) is 25.7 Å². The average Bonchev–Trinajstić information content (AvgIpc) is 2.71. The lowest BCUT2D eigenvalue weighted by Gasteiger charge is -2.33. The van der Waals surface area contributed by atoms with Gasteiger partial charge in [-0.3, -0.25) is 0 Å². The summed E-state index contributed by atoms with van der Waals surface area (Å²) < 4.78 is 5.44. The van der Waals surface area contributed by atoms with Crippen molar-refractivity contribution < 1.29 is 4.74 Å². The first-order chi connectivity index (χ1) is 7.38. The molecule has 0 saturated carbocycles. The van der Waals surface area contributed by atoms with Gasteiger partial charge in [0.05, 0.1) is 6.61 Å². The van der Waals surface area contributed by atoms with Crippen molar-refractivity contribution in [1.82, 2.24) is 4.90 Å². The van der Waals surface area contributed by atoms with Gasteiger partial charge in [0.1, 0.15) is 0 Å². The number of hydrogen-bond acceptors (Lipinski definition) is 2. The minimum Gasteiger partial charge on any atom is -0.381 e. The Morgan fingerprint density at radius 2 is 2.20 bits per heavy atom. The van der Waals surface area contributed by atoms with Gasteiger partial charge < -0.3 is 9.64 Å². The van der Waals surface area contributed by atoms with Crippen molar-refractivity contribution in [2.75, 3.05) is 38.2 Å². The smallest absolute Gasteiger partial charge is 0.0507 e. The molecule has 0 aromatic heterocycles. The second-order valence-corrected chi connectivity index (χ2v) is 5.77. The van der Waals surface area contributed by atoms with Crippen molar-refractivity contribution >= 4 is 15.9 Å². The number of ether oxygens (including phenoxy) is 1. The first-order valence-corrected chi connectivity index (χ1v) is 7.36. The van der Waals surface area contributed by atoms with Crippen molar-refractivity contribution in [2.24, 2.45) is 11.8 Å². The van der Waals surface area contributed by atoms with Crippen LogP contribution in [0.4, 0.5) is 0 Å². The lowest BCUT2D eigenvalue weighted by atomic mass is 9.94. The summed E-state index contributed by atoms with van der Waals surface area (Å²) in [5.41, 5.74) is 0. The summed E-state index contributed by atoms with van der Waals surface area (Å²) in [4.78, 5) is 2.66. The van der Waals surface area contributed by atoms with Gasteiger partial charge in [-0.2, -0.15) is 0 Å². The van der Waals surface area contributed by atoms with Crippen LogP contribution in [0.3, 0.4) is 0 Å². The van der Waals surface area contributed by atoms with Crippen LogP contribution in [0, 0.1) is 11.8 Å². The fraction of sp³-hybridized carbons (Fsp3) is 1.00. The second-order valence-electron chi connectivity index (χ2n) is 4.98. The molecule has 2 rings (SSSR count). The minimum atomic E-state index is 0.813. The zero-order valence-corrected chi connectivity index (χ0v) is 11.0. The molecule has 2 saturated heterocycles. The predicted molar refractivity (Wildman–Crippen MR) is 66.5 cm³/mol. The van der Waals surface area contributed by atoms with E-state index in [2.05, 4.69) is 20.8 Å². The van der Waals surface area contributed by atoms with Crippen molar-refractivity contribution in [1.29, 1.82) is 0 Å². The highest BCUT2D eigenvalue weighted by Crippen LogP contribution is 2.22. The molecule has 2 aliphatic rings. The molecule has 0 amide bonds. The summed E-state index contributed by atoms with van der Waals surface area (Å²) in [6.07, 6.45) is 5.45. The van der Waals surface area contributed by atoms with E-state index in [4.69, 9.17) is 4.74 Å². The zero-order valence-electron chi connectivity index (χ0n) is 9.46.